The smallest absolute Gasteiger partial charge is 0.155 e. The van der Waals surface area contributed by atoms with Gasteiger partial charge in [-0.3, -0.25) is 4.79 Å². The van der Waals surface area contributed by atoms with E-state index in [2.05, 4.69) is 44.2 Å². The maximum atomic E-state index is 12.2. The van der Waals surface area contributed by atoms with Crippen LogP contribution in [0.4, 0.5) is 0 Å². The Hall–Kier alpha value is -1.41. The van der Waals surface area contributed by atoms with Gasteiger partial charge in [0.2, 0.25) is 0 Å². The molecule has 1 aromatic rings. The van der Waals surface area contributed by atoms with Crippen molar-refractivity contribution in [2.75, 3.05) is 0 Å². The molecule has 0 bridgehead atoms. The second-order valence-corrected chi connectivity index (χ2v) is 10.2. The number of ketones is 1. The lowest BCUT2D eigenvalue weighted by molar-refractivity contribution is -0.118. The molecule has 1 aromatic carbocycles. The fourth-order valence-electron chi connectivity index (χ4n) is 7.58. The van der Waals surface area contributed by atoms with Crippen LogP contribution in [-0.2, 0) is 4.79 Å². The highest BCUT2D eigenvalue weighted by atomic mass is 16.3. The molecule has 27 heavy (non-hydrogen) atoms. The molecule has 0 aliphatic heterocycles. The molecule has 4 aliphatic rings. The molecule has 144 valence electrons. The Labute approximate surface area is 163 Å². The molecule has 0 heterocycles. The van der Waals surface area contributed by atoms with E-state index in [0.29, 0.717) is 35.9 Å². The predicted molar refractivity (Wildman–Crippen MR) is 107 cm³/mol. The Kier molecular flexibility index (Phi) is 3.95. The van der Waals surface area contributed by atoms with Gasteiger partial charge in [-0.05, 0) is 84.7 Å². The summed E-state index contributed by atoms with van der Waals surface area (Å²) in [5, 5.41) is 10.8. The van der Waals surface area contributed by atoms with Crippen LogP contribution in [-0.4, -0.2) is 17.0 Å². The molecule has 1 N–H and O–H groups in total. The van der Waals surface area contributed by atoms with E-state index in [-0.39, 0.29) is 16.9 Å². The summed E-state index contributed by atoms with van der Waals surface area (Å²) in [5.74, 6) is 2.67. The van der Waals surface area contributed by atoms with Crippen LogP contribution in [0.5, 0.6) is 0 Å². The van der Waals surface area contributed by atoms with E-state index in [1.54, 1.807) is 0 Å². The maximum absolute atomic E-state index is 12.2. The number of hydrogen-bond acceptors (Lipinski definition) is 2. The van der Waals surface area contributed by atoms with E-state index >= 15 is 0 Å². The van der Waals surface area contributed by atoms with E-state index in [0.717, 1.165) is 32.1 Å². The van der Waals surface area contributed by atoms with Crippen molar-refractivity contribution in [3.05, 3.63) is 47.5 Å². The molecule has 0 saturated heterocycles. The normalized spacial score (nSPS) is 46.3. The first-order chi connectivity index (χ1) is 12.9. The zero-order chi connectivity index (χ0) is 18.8. The standard InChI is InChI=1S/C25H32O2/c1-24-12-10-18(26)14-17(24)15-19(16-6-4-3-5-7-16)23-20-8-9-22(27)25(20,2)13-11-21(23)24/h3-7,14,19-23,27H,8-13,15H2,1-2H3/t19-,20+,21+,22+,23+,24+,25+/m1/s1. The molecule has 2 heteroatoms. The highest BCUT2D eigenvalue weighted by molar-refractivity contribution is 5.91. The van der Waals surface area contributed by atoms with Crippen molar-refractivity contribution in [2.45, 2.75) is 70.8 Å². The average Bonchev–Trinajstić information content (AvgIpc) is 2.98. The lowest BCUT2D eigenvalue weighted by Crippen LogP contribution is -2.53. The van der Waals surface area contributed by atoms with Crippen molar-refractivity contribution in [3.63, 3.8) is 0 Å². The van der Waals surface area contributed by atoms with Gasteiger partial charge in [-0.25, -0.2) is 0 Å². The second-order valence-electron chi connectivity index (χ2n) is 10.2. The number of benzene rings is 1. The van der Waals surface area contributed by atoms with Crippen LogP contribution in [0.25, 0.3) is 0 Å². The number of carbonyl (C=O) groups excluding carboxylic acids is 1. The fraction of sp³-hybridized carbons (Fsp3) is 0.640. The first-order valence-electron chi connectivity index (χ1n) is 10.9. The van der Waals surface area contributed by atoms with E-state index in [4.69, 9.17) is 0 Å². The lowest BCUT2D eigenvalue weighted by atomic mass is 9.44. The topological polar surface area (TPSA) is 37.3 Å². The number of allylic oxidation sites excluding steroid dienone is 1. The first-order valence-corrected chi connectivity index (χ1v) is 10.9. The predicted octanol–water partition coefficient (Wildman–Crippen LogP) is 5.27. The summed E-state index contributed by atoms with van der Waals surface area (Å²) in [5.41, 5.74) is 3.10. The highest BCUT2D eigenvalue weighted by Crippen LogP contribution is 2.68. The Morgan fingerprint density at radius 3 is 2.56 bits per heavy atom. The molecule has 0 amide bonds. The van der Waals surface area contributed by atoms with E-state index in [1.807, 2.05) is 6.08 Å². The van der Waals surface area contributed by atoms with Gasteiger partial charge in [0.05, 0.1) is 6.10 Å². The van der Waals surface area contributed by atoms with Gasteiger partial charge in [-0.15, -0.1) is 0 Å². The summed E-state index contributed by atoms with van der Waals surface area (Å²) in [6.45, 7) is 4.80. The first kappa shape index (κ1) is 17.7. The third-order valence-corrected chi connectivity index (χ3v) is 9.19. The molecule has 0 radical (unpaired) electrons. The number of aliphatic hydroxyl groups excluding tert-OH is 1. The second kappa shape index (κ2) is 6.04. The van der Waals surface area contributed by atoms with Gasteiger partial charge < -0.3 is 5.11 Å². The molecule has 0 unspecified atom stereocenters. The van der Waals surface area contributed by atoms with Gasteiger partial charge in [0.15, 0.2) is 5.78 Å². The van der Waals surface area contributed by atoms with Crippen LogP contribution in [0, 0.1) is 28.6 Å². The number of hydrogen-bond donors (Lipinski definition) is 1. The summed E-state index contributed by atoms with van der Waals surface area (Å²) in [4.78, 5) is 12.2. The summed E-state index contributed by atoms with van der Waals surface area (Å²) in [6, 6.07) is 11.0. The largest absolute Gasteiger partial charge is 0.393 e. The van der Waals surface area contributed by atoms with Crippen molar-refractivity contribution >= 4 is 5.78 Å². The third-order valence-electron chi connectivity index (χ3n) is 9.19. The van der Waals surface area contributed by atoms with Crippen LogP contribution >= 0.6 is 0 Å². The number of rotatable bonds is 1. The maximum Gasteiger partial charge on any atom is 0.155 e. The van der Waals surface area contributed by atoms with Crippen molar-refractivity contribution in [1.82, 2.24) is 0 Å². The molecule has 3 fully saturated rings. The fourth-order valence-corrected chi connectivity index (χ4v) is 7.58. The molecule has 0 spiro atoms. The SMILES string of the molecule is C[C@]12CC[C@H]3[C@@H]([C@@H](c4ccccc4)CC4=CC(=O)CC[C@@]43C)[C@@H]1CC[C@@H]2O. The zero-order valence-electron chi connectivity index (χ0n) is 16.7. The summed E-state index contributed by atoms with van der Waals surface area (Å²) >= 11 is 0. The number of carbonyl (C=O) groups is 1. The van der Waals surface area contributed by atoms with E-state index in [1.165, 1.54) is 17.6 Å². The number of fused-ring (bicyclic) bond motifs is 5. The molecular weight excluding hydrogens is 332 g/mol. The van der Waals surface area contributed by atoms with Gasteiger partial charge in [-0.2, -0.15) is 0 Å². The van der Waals surface area contributed by atoms with Crippen molar-refractivity contribution < 1.29 is 9.90 Å². The van der Waals surface area contributed by atoms with Crippen LogP contribution in [0.1, 0.15) is 70.3 Å². The minimum atomic E-state index is -0.141. The van der Waals surface area contributed by atoms with Gasteiger partial charge in [0.25, 0.3) is 0 Å². The van der Waals surface area contributed by atoms with Crippen LogP contribution in [0.15, 0.2) is 42.0 Å². The molecule has 2 nitrogen and oxygen atoms in total. The molecular formula is C25H32O2. The lowest BCUT2D eigenvalue weighted by Gasteiger charge is -2.60. The Morgan fingerprint density at radius 1 is 1.00 bits per heavy atom. The Morgan fingerprint density at radius 2 is 1.78 bits per heavy atom. The third kappa shape index (κ3) is 2.45. The van der Waals surface area contributed by atoms with Gasteiger partial charge >= 0.3 is 0 Å². The minimum absolute atomic E-state index is 0.0796. The summed E-state index contributed by atoms with van der Waals surface area (Å²) < 4.78 is 0. The van der Waals surface area contributed by atoms with Gasteiger partial charge in [0.1, 0.15) is 0 Å². The molecule has 3 saturated carbocycles. The van der Waals surface area contributed by atoms with Crippen molar-refractivity contribution in [1.29, 1.82) is 0 Å². The van der Waals surface area contributed by atoms with Crippen molar-refractivity contribution in [3.8, 4) is 0 Å². The Balaban J connectivity index is 1.63. The quantitative estimate of drug-likeness (QED) is 0.737. The molecule has 4 aliphatic carbocycles. The molecule has 5 rings (SSSR count). The minimum Gasteiger partial charge on any atom is -0.393 e. The van der Waals surface area contributed by atoms with Gasteiger partial charge in [0, 0.05) is 6.42 Å². The summed E-state index contributed by atoms with van der Waals surface area (Å²) in [7, 11) is 0. The highest BCUT2D eigenvalue weighted by Gasteiger charge is 2.61. The van der Waals surface area contributed by atoms with Gasteiger partial charge in [-0.1, -0.05) is 49.8 Å². The van der Waals surface area contributed by atoms with Crippen LogP contribution < -0.4 is 0 Å². The van der Waals surface area contributed by atoms with Crippen LogP contribution in [0.2, 0.25) is 0 Å². The number of aliphatic hydroxyl groups is 1. The van der Waals surface area contributed by atoms with E-state index in [9.17, 15) is 9.90 Å². The molecule has 0 aromatic heterocycles. The Bertz CT molecular complexity index is 781. The monoisotopic (exact) mass is 364 g/mol. The average molecular weight is 365 g/mol. The molecule has 7 atom stereocenters. The van der Waals surface area contributed by atoms with Crippen LogP contribution in [0.3, 0.4) is 0 Å². The van der Waals surface area contributed by atoms with E-state index < -0.39 is 0 Å². The van der Waals surface area contributed by atoms with Crippen molar-refractivity contribution in [2.24, 2.45) is 28.6 Å². The summed E-state index contributed by atoms with van der Waals surface area (Å²) in [6.07, 6.45) is 9.08. The zero-order valence-corrected chi connectivity index (χ0v) is 16.7.